The van der Waals surface area contributed by atoms with Crippen LogP contribution in [0.1, 0.15) is 23.0 Å². The lowest BCUT2D eigenvalue weighted by Gasteiger charge is -2.09. The van der Waals surface area contributed by atoms with Gasteiger partial charge in [-0.3, -0.25) is 0 Å². The Kier molecular flexibility index (Phi) is 4.97. The molecular formula is C18H15Cl2NO3. The van der Waals surface area contributed by atoms with Crippen LogP contribution in [0.2, 0.25) is 10.0 Å². The predicted octanol–water partition coefficient (Wildman–Crippen LogP) is 5.23. The number of fused-ring (bicyclic) bond motifs is 1. The molecule has 0 aliphatic carbocycles. The van der Waals surface area contributed by atoms with Crippen molar-refractivity contribution in [2.24, 2.45) is 0 Å². The van der Waals surface area contributed by atoms with Crippen molar-refractivity contribution < 1.29 is 14.3 Å². The molecule has 0 unspecified atom stereocenters. The molecule has 0 radical (unpaired) electrons. The number of benzene rings is 2. The van der Waals surface area contributed by atoms with Crippen LogP contribution < -0.4 is 4.74 Å². The first-order valence-electron chi connectivity index (χ1n) is 7.44. The molecular weight excluding hydrogens is 349 g/mol. The van der Waals surface area contributed by atoms with Crippen LogP contribution in [0.4, 0.5) is 0 Å². The number of aromatic amines is 1. The first kappa shape index (κ1) is 16.7. The van der Waals surface area contributed by atoms with Crippen LogP contribution in [0.5, 0.6) is 5.75 Å². The summed E-state index contributed by atoms with van der Waals surface area (Å²) in [4.78, 5) is 14.8. The SMILES string of the molecule is CCOC(=O)c1cc2cc(OCc3c(Cl)cccc3Cl)ccc2[nH]1. The van der Waals surface area contributed by atoms with Gasteiger partial charge in [0.25, 0.3) is 0 Å². The number of carbonyl (C=O) groups excluding carboxylic acids is 1. The van der Waals surface area contributed by atoms with Gasteiger partial charge in [-0.25, -0.2) is 4.79 Å². The summed E-state index contributed by atoms with van der Waals surface area (Å²) in [5.74, 6) is 0.284. The highest BCUT2D eigenvalue weighted by molar-refractivity contribution is 6.35. The Morgan fingerprint density at radius 1 is 1.12 bits per heavy atom. The summed E-state index contributed by atoms with van der Waals surface area (Å²) in [6, 6.07) is 12.6. The fourth-order valence-electron chi connectivity index (χ4n) is 2.35. The Hall–Kier alpha value is -2.17. The second-order valence-electron chi connectivity index (χ2n) is 5.14. The Bertz CT molecular complexity index is 869. The van der Waals surface area contributed by atoms with E-state index >= 15 is 0 Å². The average molecular weight is 364 g/mol. The molecule has 2 aromatic carbocycles. The van der Waals surface area contributed by atoms with Crippen LogP contribution >= 0.6 is 23.2 Å². The van der Waals surface area contributed by atoms with Gasteiger partial charge in [0, 0.05) is 26.5 Å². The Morgan fingerprint density at radius 3 is 2.58 bits per heavy atom. The molecule has 24 heavy (non-hydrogen) atoms. The highest BCUT2D eigenvalue weighted by atomic mass is 35.5. The zero-order chi connectivity index (χ0) is 17.1. The molecule has 0 amide bonds. The summed E-state index contributed by atoms with van der Waals surface area (Å²) in [5.41, 5.74) is 1.99. The van der Waals surface area contributed by atoms with Gasteiger partial charge in [-0.15, -0.1) is 0 Å². The van der Waals surface area contributed by atoms with Crippen LogP contribution in [-0.2, 0) is 11.3 Å². The molecule has 0 bridgehead atoms. The normalized spacial score (nSPS) is 10.8. The zero-order valence-corrected chi connectivity index (χ0v) is 14.4. The first-order valence-corrected chi connectivity index (χ1v) is 8.19. The third-order valence-electron chi connectivity index (χ3n) is 3.53. The summed E-state index contributed by atoms with van der Waals surface area (Å²) in [6.07, 6.45) is 0. The molecule has 3 rings (SSSR count). The minimum Gasteiger partial charge on any atom is -0.489 e. The van der Waals surface area contributed by atoms with Crippen LogP contribution in [0, 0.1) is 0 Å². The Morgan fingerprint density at radius 2 is 1.88 bits per heavy atom. The number of H-pyrrole nitrogens is 1. The number of halogens is 2. The van der Waals surface area contributed by atoms with Crippen LogP contribution in [0.15, 0.2) is 42.5 Å². The fraction of sp³-hybridized carbons (Fsp3) is 0.167. The summed E-state index contributed by atoms with van der Waals surface area (Å²) in [7, 11) is 0. The van der Waals surface area contributed by atoms with E-state index in [1.807, 2.05) is 18.2 Å². The van der Waals surface area contributed by atoms with Crippen molar-refractivity contribution in [3.05, 3.63) is 63.8 Å². The zero-order valence-electron chi connectivity index (χ0n) is 12.9. The van der Waals surface area contributed by atoms with Gasteiger partial charge in [0.1, 0.15) is 18.1 Å². The van der Waals surface area contributed by atoms with Gasteiger partial charge in [0.05, 0.1) is 6.61 Å². The molecule has 1 aromatic heterocycles. The number of esters is 1. The maximum Gasteiger partial charge on any atom is 0.354 e. The summed E-state index contributed by atoms with van der Waals surface area (Å²) >= 11 is 12.3. The molecule has 3 aromatic rings. The maximum absolute atomic E-state index is 11.8. The lowest BCUT2D eigenvalue weighted by Crippen LogP contribution is -2.04. The molecule has 1 N–H and O–H groups in total. The molecule has 1 heterocycles. The van der Waals surface area contributed by atoms with Crippen molar-refractivity contribution in [1.82, 2.24) is 4.98 Å². The Labute approximate surface area is 149 Å². The van der Waals surface area contributed by atoms with E-state index in [-0.39, 0.29) is 12.6 Å². The van der Waals surface area contributed by atoms with Gasteiger partial charge < -0.3 is 14.5 Å². The number of nitrogens with one attached hydrogen (secondary N) is 1. The Balaban J connectivity index is 1.79. The van der Waals surface area contributed by atoms with Gasteiger partial charge >= 0.3 is 5.97 Å². The molecule has 0 spiro atoms. The van der Waals surface area contributed by atoms with Crippen molar-refractivity contribution in [1.29, 1.82) is 0 Å². The summed E-state index contributed by atoms with van der Waals surface area (Å²) in [5, 5.41) is 1.99. The molecule has 124 valence electrons. The van der Waals surface area contributed by atoms with Gasteiger partial charge in [-0.05, 0) is 43.3 Å². The molecule has 0 aliphatic rings. The maximum atomic E-state index is 11.8. The number of rotatable bonds is 5. The number of aromatic nitrogens is 1. The van der Waals surface area contributed by atoms with Crippen molar-refractivity contribution in [3.8, 4) is 5.75 Å². The van der Waals surface area contributed by atoms with Gasteiger partial charge in [0.2, 0.25) is 0 Å². The number of carbonyl (C=O) groups is 1. The van der Waals surface area contributed by atoms with Crippen LogP contribution in [0.25, 0.3) is 10.9 Å². The second-order valence-corrected chi connectivity index (χ2v) is 5.96. The van der Waals surface area contributed by atoms with E-state index in [1.54, 1.807) is 31.2 Å². The molecule has 0 aliphatic heterocycles. The average Bonchev–Trinajstić information content (AvgIpc) is 2.98. The number of hydrogen-bond donors (Lipinski definition) is 1. The van der Waals surface area contributed by atoms with E-state index in [2.05, 4.69) is 4.98 Å². The van der Waals surface area contributed by atoms with Crippen LogP contribution in [0.3, 0.4) is 0 Å². The third kappa shape index (κ3) is 3.50. The van der Waals surface area contributed by atoms with Crippen molar-refractivity contribution in [2.75, 3.05) is 6.61 Å². The molecule has 0 saturated carbocycles. The molecule has 0 fully saturated rings. The van der Waals surface area contributed by atoms with Gasteiger partial charge in [-0.2, -0.15) is 0 Å². The summed E-state index contributed by atoms with van der Waals surface area (Å²) < 4.78 is 10.8. The predicted molar refractivity (Wildman–Crippen MR) is 95.0 cm³/mol. The third-order valence-corrected chi connectivity index (χ3v) is 4.24. The number of hydrogen-bond acceptors (Lipinski definition) is 3. The molecule has 4 nitrogen and oxygen atoms in total. The van der Waals surface area contributed by atoms with Crippen molar-refractivity contribution >= 4 is 40.1 Å². The molecule has 6 heteroatoms. The van der Waals surface area contributed by atoms with Gasteiger partial charge in [-0.1, -0.05) is 29.3 Å². The van der Waals surface area contributed by atoms with E-state index < -0.39 is 0 Å². The second kappa shape index (κ2) is 7.16. The van der Waals surface area contributed by atoms with Gasteiger partial charge in [0.15, 0.2) is 0 Å². The quantitative estimate of drug-likeness (QED) is 0.631. The molecule has 0 saturated heterocycles. The minimum absolute atomic E-state index is 0.263. The number of ether oxygens (including phenoxy) is 2. The van der Waals surface area contributed by atoms with E-state index in [9.17, 15) is 4.79 Å². The minimum atomic E-state index is -0.376. The highest BCUT2D eigenvalue weighted by Gasteiger charge is 2.11. The summed E-state index contributed by atoms with van der Waals surface area (Å²) in [6.45, 7) is 2.37. The van der Waals surface area contributed by atoms with E-state index in [0.717, 1.165) is 16.5 Å². The lowest BCUT2D eigenvalue weighted by atomic mass is 10.2. The van der Waals surface area contributed by atoms with E-state index in [4.69, 9.17) is 32.7 Å². The molecule has 0 atom stereocenters. The van der Waals surface area contributed by atoms with Crippen molar-refractivity contribution in [3.63, 3.8) is 0 Å². The highest BCUT2D eigenvalue weighted by Crippen LogP contribution is 2.27. The standard InChI is InChI=1S/C18H15Cl2NO3/c1-2-23-18(22)17-9-11-8-12(6-7-16(11)21-17)24-10-13-14(19)4-3-5-15(13)20/h3-9,21H,2,10H2,1H3. The smallest absolute Gasteiger partial charge is 0.354 e. The topological polar surface area (TPSA) is 51.3 Å². The van der Waals surface area contributed by atoms with Crippen molar-refractivity contribution in [2.45, 2.75) is 13.5 Å². The van der Waals surface area contributed by atoms with E-state index in [0.29, 0.717) is 28.1 Å². The monoisotopic (exact) mass is 363 g/mol. The van der Waals surface area contributed by atoms with E-state index in [1.165, 1.54) is 0 Å². The fourth-order valence-corrected chi connectivity index (χ4v) is 2.85. The lowest BCUT2D eigenvalue weighted by molar-refractivity contribution is 0.0520. The first-order chi connectivity index (χ1) is 11.6. The largest absolute Gasteiger partial charge is 0.489 e. The van der Waals surface area contributed by atoms with Crippen LogP contribution in [-0.4, -0.2) is 17.6 Å².